The van der Waals surface area contributed by atoms with Crippen molar-refractivity contribution >= 4 is 11.7 Å². The van der Waals surface area contributed by atoms with E-state index in [1.54, 1.807) is 12.1 Å². The molecule has 0 spiro atoms. The van der Waals surface area contributed by atoms with Crippen LogP contribution in [-0.4, -0.2) is 53.8 Å². The Labute approximate surface area is 113 Å². The van der Waals surface area contributed by atoms with E-state index in [2.05, 4.69) is 16.7 Å². The molecule has 1 heterocycles. The molecule has 0 bridgehead atoms. The number of carbonyl (C=O) groups is 1. The second-order valence-corrected chi connectivity index (χ2v) is 4.84. The average Bonchev–Trinajstić information content (AvgIpc) is 2.39. The third kappa shape index (κ3) is 3.17. The summed E-state index contributed by atoms with van der Waals surface area (Å²) < 4.78 is 0. The number of carboxylic acid groups (broad SMARTS) is 1. The first kappa shape index (κ1) is 13.7. The van der Waals surface area contributed by atoms with Gasteiger partial charge in [-0.3, -0.25) is 4.90 Å². The highest BCUT2D eigenvalue weighted by Crippen LogP contribution is 2.25. The minimum absolute atomic E-state index is 0.0478. The molecule has 1 saturated heterocycles. The topological polar surface area (TPSA) is 64.0 Å². The fourth-order valence-electron chi connectivity index (χ4n) is 2.44. The van der Waals surface area contributed by atoms with Crippen molar-refractivity contribution in [3.05, 3.63) is 23.8 Å². The molecule has 1 fully saturated rings. The number of hydrogen-bond donors (Lipinski definition) is 2. The lowest BCUT2D eigenvalue weighted by atomic mass is 10.1. The van der Waals surface area contributed by atoms with Gasteiger partial charge in [-0.2, -0.15) is 0 Å². The van der Waals surface area contributed by atoms with Gasteiger partial charge in [0.1, 0.15) is 11.3 Å². The Kier molecular flexibility index (Phi) is 4.27. The molecule has 2 rings (SSSR count). The number of rotatable bonds is 4. The molecule has 1 aliphatic rings. The van der Waals surface area contributed by atoms with Crippen LogP contribution in [0, 0.1) is 0 Å². The minimum atomic E-state index is -1.10. The van der Waals surface area contributed by atoms with E-state index in [1.807, 2.05) is 0 Å². The molecule has 0 unspecified atom stereocenters. The smallest absolute Gasteiger partial charge is 0.339 e. The van der Waals surface area contributed by atoms with Crippen molar-refractivity contribution in [2.45, 2.75) is 13.3 Å². The van der Waals surface area contributed by atoms with Crippen LogP contribution in [0.2, 0.25) is 0 Å². The van der Waals surface area contributed by atoms with Crippen LogP contribution in [0.3, 0.4) is 0 Å². The first-order chi connectivity index (χ1) is 9.11. The number of nitrogens with zero attached hydrogens (tertiary/aromatic N) is 2. The van der Waals surface area contributed by atoms with Gasteiger partial charge in [-0.25, -0.2) is 4.79 Å². The third-order valence-corrected chi connectivity index (χ3v) is 3.49. The normalized spacial score (nSPS) is 16.6. The van der Waals surface area contributed by atoms with Crippen molar-refractivity contribution in [1.29, 1.82) is 0 Å². The molecule has 5 heteroatoms. The highest BCUT2D eigenvalue weighted by atomic mass is 16.4. The summed E-state index contributed by atoms with van der Waals surface area (Å²) >= 11 is 0. The lowest BCUT2D eigenvalue weighted by molar-refractivity contribution is 0.0694. The van der Waals surface area contributed by atoms with Crippen LogP contribution in [0.4, 0.5) is 5.69 Å². The molecule has 104 valence electrons. The van der Waals surface area contributed by atoms with Gasteiger partial charge in [0.2, 0.25) is 0 Å². The second kappa shape index (κ2) is 5.93. The van der Waals surface area contributed by atoms with Crippen LogP contribution >= 0.6 is 0 Å². The Hall–Kier alpha value is -1.75. The highest BCUT2D eigenvalue weighted by molar-refractivity contribution is 5.91. The quantitative estimate of drug-likeness (QED) is 0.865. The SMILES string of the molecule is CCCN1CCN(c2ccc(C(=O)O)c(O)c2)CC1. The molecule has 1 aliphatic heterocycles. The molecule has 2 N–H and O–H groups in total. The van der Waals surface area contributed by atoms with Crippen molar-refractivity contribution in [2.75, 3.05) is 37.6 Å². The van der Waals surface area contributed by atoms with E-state index in [4.69, 9.17) is 5.11 Å². The largest absolute Gasteiger partial charge is 0.507 e. The van der Waals surface area contributed by atoms with E-state index >= 15 is 0 Å². The fraction of sp³-hybridized carbons (Fsp3) is 0.500. The Morgan fingerprint density at radius 2 is 1.95 bits per heavy atom. The Bertz CT molecular complexity index is 454. The molecular formula is C14H20N2O3. The first-order valence-corrected chi connectivity index (χ1v) is 6.65. The van der Waals surface area contributed by atoms with Crippen molar-refractivity contribution in [3.8, 4) is 5.75 Å². The summed E-state index contributed by atoms with van der Waals surface area (Å²) in [5.74, 6) is -1.27. The maximum absolute atomic E-state index is 10.8. The van der Waals surface area contributed by atoms with Crippen molar-refractivity contribution in [3.63, 3.8) is 0 Å². The van der Waals surface area contributed by atoms with Crippen LogP contribution in [0.5, 0.6) is 5.75 Å². The number of piperazine rings is 1. The molecule has 0 atom stereocenters. The molecule has 0 amide bonds. The molecule has 0 saturated carbocycles. The van der Waals surface area contributed by atoms with Gasteiger partial charge in [0.05, 0.1) is 0 Å². The number of aromatic carboxylic acids is 1. The summed E-state index contributed by atoms with van der Waals surface area (Å²) in [5, 5.41) is 18.6. The van der Waals surface area contributed by atoms with Gasteiger partial charge in [-0.05, 0) is 25.1 Å². The van der Waals surface area contributed by atoms with Crippen LogP contribution in [-0.2, 0) is 0 Å². The third-order valence-electron chi connectivity index (χ3n) is 3.49. The summed E-state index contributed by atoms with van der Waals surface area (Å²) in [6.45, 7) is 7.13. The van der Waals surface area contributed by atoms with E-state index < -0.39 is 5.97 Å². The predicted molar refractivity (Wildman–Crippen MR) is 74.0 cm³/mol. The van der Waals surface area contributed by atoms with Crippen molar-refractivity contribution in [2.24, 2.45) is 0 Å². The number of anilines is 1. The lowest BCUT2D eigenvalue weighted by Crippen LogP contribution is -2.46. The van der Waals surface area contributed by atoms with E-state index in [0.717, 1.165) is 44.8 Å². The Morgan fingerprint density at radius 1 is 1.26 bits per heavy atom. The standard InChI is InChI=1S/C14H20N2O3/c1-2-5-15-6-8-16(9-7-15)11-3-4-12(14(18)19)13(17)10-11/h3-4,10,17H,2,5-9H2,1H3,(H,18,19). The number of benzene rings is 1. The molecule has 1 aromatic rings. The number of hydrogen-bond acceptors (Lipinski definition) is 4. The van der Waals surface area contributed by atoms with Crippen LogP contribution in [0.15, 0.2) is 18.2 Å². The first-order valence-electron chi connectivity index (χ1n) is 6.65. The fourth-order valence-corrected chi connectivity index (χ4v) is 2.44. The summed E-state index contributed by atoms with van der Waals surface area (Å²) in [6, 6.07) is 4.77. The summed E-state index contributed by atoms with van der Waals surface area (Å²) in [6.07, 6.45) is 1.16. The van der Waals surface area contributed by atoms with Gasteiger partial charge in [-0.1, -0.05) is 6.92 Å². The van der Waals surface area contributed by atoms with E-state index in [1.165, 1.54) is 6.07 Å². The minimum Gasteiger partial charge on any atom is -0.507 e. The van der Waals surface area contributed by atoms with E-state index in [-0.39, 0.29) is 11.3 Å². The highest BCUT2D eigenvalue weighted by Gasteiger charge is 2.18. The monoisotopic (exact) mass is 264 g/mol. The van der Waals surface area contributed by atoms with E-state index in [9.17, 15) is 9.90 Å². The van der Waals surface area contributed by atoms with Crippen molar-refractivity contribution in [1.82, 2.24) is 4.90 Å². The summed E-state index contributed by atoms with van der Waals surface area (Å²) in [7, 11) is 0. The van der Waals surface area contributed by atoms with Gasteiger partial charge in [0.25, 0.3) is 0 Å². The van der Waals surface area contributed by atoms with Gasteiger partial charge >= 0.3 is 5.97 Å². The predicted octanol–water partition coefficient (Wildman–Crippen LogP) is 1.62. The molecule has 1 aromatic carbocycles. The Morgan fingerprint density at radius 3 is 2.47 bits per heavy atom. The van der Waals surface area contributed by atoms with Crippen molar-refractivity contribution < 1.29 is 15.0 Å². The molecule has 0 radical (unpaired) electrons. The second-order valence-electron chi connectivity index (χ2n) is 4.84. The maximum Gasteiger partial charge on any atom is 0.339 e. The van der Waals surface area contributed by atoms with Crippen LogP contribution in [0.25, 0.3) is 0 Å². The molecule has 0 aromatic heterocycles. The Balaban J connectivity index is 2.04. The van der Waals surface area contributed by atoms with Gasteiger partial charge in [-0.15, -0.1) is 0 Å². The summed E-state index contributed by atoms with van der Waals surface area (Å²) in [4.78, 5) is 15.4. The molecule has 19 heavy (non-hydrogen) atoms. The zero-order chi connectivity index (χ0) is 13.8. The summed E-state index contributed by atoms with van der Waals surface area (Å²) in [5.41, 5.74) is 0.840. The zero-order valence-corrected chi connectivity index (χ0v) is 11.2. The molecule has 0 aliphatic carbocycles. The molecular weight excluding hydrogens is 244 g/mol. The molecule has 5 nitrogen and oxygen atoms in total. The lowest BCUT2D eigenvalue weighted by Gasteiger charge is -2.36. The van der Waals surface area contributed by atoms with Gasteiger partial charge in [0.15, 0.2) is 0 Å². The van der Waals surface area contributed by atoms with Gasteiger partial charge < -0.3 is 15.1 Å². The maximum atomic E-state index is 10.8. The van der Waals surface area contributed by atoms with E-state index in [0.29, 0.717) is 0 Å². The van der Waals surface area contributed by atoms with Crippen LogP contribution < -0.4 is 4.90 Å². The number of aromatic hydroxyl groups is 1. The zero-order valence-electron chi connectivity index (χ0n) is 11.2. The number of carboxylic acids is 1. The average molecular weight is 264 g/mol. The van der Waals surface area contributed by atoms with Crippen LogP contribution in [0.1, 0.15) is 23.7 Å². The number of phenols is 1. The van der Waals surface area contributed by atoms with Gasteiger partial charge in [0, 0.05) is 37.9 Å².